The summed E-state index contributed by atoms with van der Waals surface area (Å²) >= 11 is 6.13. The average Bonchev–Trinajstić information content (AvgIpc) is 3.10. The fourth-order valence-electron chi connectivity index (χ4n) is 3.94. The normalized spacial score (nSPS) is 15.9. The van der Waals surface area contributed by atoms with Gasteiger partial charge in [-0.3, -0.25) is 14.4 Å². The molecule has 7 nitrogen and oxygen atoms in total. The van der Waals surface area contributed by atoms with E-state index in [0.717, 1.165) is 22.5 Å². The molecule has 0 N–H and O–H groups in total. The van der Waals surface area contributed by atoms with Crippen molar-refractivity contribution in [2.24, 2.45) is 10.9 Å². The van der Waals surface area contributed by atoms with Crippen LogP contribution in [-0.4, -0.2) is 40.7 Å². The van der Waals surface area contributed by atoms with Crippen molar-refractivity contribution in [1.82, 2.24) is 14.8 Å². The van der Waals surface area contributed by atoms with Gasteiger partial charge in [0.05, 0.1) is 31.5 Å². The number of carbonyl (C=O) groups is 1. The molecule has 0 fully saturated rings. The summed E-state index contributed by atoms with van der Waals surface area (Å²) in [5.41, 5.74) is 3.32. The van der Waals surface area contributed by atoms with Gasteiger partial charge in [0.15, 0.2) is 5.82 Å². The van der Waals surface area contributed by atoms with E-state index in [9.17, 15) is 4.79 Å². The number of esters is 1. The lowest BCUT2D eigenvalue weighted by atomic mass is 9.95. The highest BCUT2D eigenvalue weighted by atomic mass is 35.5. The predicted molar refractivity (Wildman–Crippen MR) is 118 cm³/mol. The molecule has 1 aromatic heterocycles. The molecular formula is C23H23ClN4O3. The van der Waals surface area contributed by atoms with Crippen LogP contribution in [0.2, 0.25) is 5.02 Å². The van der Waals surface area contributed by atoms with Crippen LogP contribution in [0, 0.1) is 12.8 Å². The van der Waals surface area contributed by atoms with Crippen LogP contribution >= 0.6 is 11.6 Å². The van der Waals surface area contributed by atoms with Crippen LogP contribution in [0.5, 0.6) is 5.75 Å². The zero-order valence-electron chi connectivity index (χ0n) is 17.8. The zero-order valence-corrected chi connectivity index (χ0v) is 18.6. The van der Waals surface area contributed by atoms with Gasteiger partial charge < -0.3 is 9.47 Å². The van der Waals surface area contributed by atoms with Crippen molar-refractivity contribution in [2.75, 3.05) is 14.2 Å². The highest BCUT2D eigenvalue weighted by Crippen LogP contribution is 2.37. The van der Waals surface area contributed by atoms with Crippen LogP contribution in [0.15, 0.2) is 47.5 Å². The number of aryl methyl sites for hydroxylation is 1. The summed E-state index contributed by atoms with van der Waals surface area (Å²) in [5, 5.41) is 9.33. The molecule has 1 aliphatic rings. The standard InChI is InChI=1S/C23H23ClN4O3/c1-5-17(23(29)31-4)21-22-27-26-13(2)28(22)19-11-10-16(30-3)12-18(19)20(25-21)14-6-8-15(24)9-7-14/h6-12,17,21H,5H2,1-4H3/t17?,21-/m0/s1. The smallest absolute Gasteiger partial charge is 0.311 e. The molecule has 4 rings (SSSR count). The van der Waals surface area contributed by atoms with Gasteiger partial charge in [0, 0.05) is 16.1 Å². The molecule has 3 aromatic rings. The number of benzene rings is 2. The maximum Gasteiger partial charge on any atom is 0.311 e. The quantitative estimate of drug-likeness (QED) is 0.554. The number of halogens is 1. The minimum atomic E-state index is -0.567. The van der Waals surface area contributed by atoms with Crippen molar-refractivity contribution in [3.8, 4) is 11.4 Å². The molecule has 0 radical (unpaired) electrons. The number of methoxy groups -OCH3 is 2. The van der Waals surface area contributed by atoms with Gasteiger partial charge >= 0.3 is 5.97 Å². The Balaban J connectivity index is 2.04. The predicted octanol–water partition coefficient (Wildman–Crippen LogP) is 4.33. The SMILES string of the molecule is CCC(C(=O)OC)[C@@H]1N=C(c2ccc(Cl)cc2)c2cc(OC)ccc2-n2c(C)nnc21. The van der Waals surface area contributed by atoms with E-state index in [0.29, 0.717) is 28.8 Å². The van der Waals surface area contributed by atoms with Crippen molar-refractivity contribution in [2.45, 2.75) is 26.3 Å². The van der Waals surface area contributed by atoms with Gasteiger partial charge in [-0.2, -0.15) is 0 Å². The Morgan fingerprint density at radius 3 is 2.55 bits per heavy atom. The summed E-state index contributed by atoms with van der Waals surface area (Å²) in [4.78, 5) is 17.7. The van der Waals surface area contributed by atoms with E-state index in [1.54, 1.807) is 7.11 Å². The largest absolute Gasteiger partial charge is 0.497 e. The van der Waals surface area contributed by atoms with Gasteiger partial charge in [0.1, 0.15) is 17.6 Å². The minimum Gasteiger partial charge on any atom is -0.497 e. The van der Waals surface area contributed by atoms with E-state index in [-0.39, 0.29) is 5.97 Å². The number of ether oxygens (including phenoxy) is 2. The van der Waals surface area contributed by atoms with Gasteiger partial charge in [0.2, 0.25) is 0 Å². The van der Waals surface area contributed by atoms with Crippen molar-refractivity contribution in [3.05, 3.63) is 70.3 Å². The second-order valence-electron chi connectivity index (χ2n) is 7.29. The molecule has 0 spiro atoms. The highest BCUT2D eigenvalue weighted by Gasteiger charge is 2.36. The molecule has 0 aliphatic carbocycles. The number of fused-ring (bicyclic) bond motifs is 3. The summed E-state index contributed by atoms with van der Waals surface area (Å²) in [7, 11) is 3.02. The Kier molecular flexibility index (Phi) is 5.78. The summed E-state index contributed by atoms with van der Waals surface area (Å²) in [5.74, 6) is 1.17. The lowest BCUT2D eigenvalue weighted by Crippen LogP contribution is -2.24. The first-order valence-electron chi connectivity index (χ1n) is 10.0. The van der Waals surface area contributed by atoms with Crippen LogP contribution in [0.25, 0.3) is 5.69 Å². The Hall–Kier alpha value is -3.19. The van der Waals surface area contributed by atoms with Gasteiger partial charge in [-0.25, -0.2) is 0 Å². The number of hydrogen-bond acceptors (Lipinski definition) is 6. The summed E-state index contributed by atoms with van der Waals surface area (Å²) in [6.45, 7) is 3.82. The first-order chi connectivity index (χ1) is 15.0. The molecule has 31 heavy (non-hydrogen) atoms. The maximum atomic E-state index is 12.6. The van der Waals surface area contributed by atoms with E-state index >= 15 is 0 Å². The van der Waals surface area contributed by atoms with Crippen LogP contribution in [0.1, 0.15) is 42.2 Å². The summed E-state index contributed by atoms with van der Waals surface area (Å²) in [6, 6.07) is 12.7. The number of aromatic nitrogens is 3. The first kappa shape index (κ1) is 21.1. The molecule has 8 heteroatoms. The lowest BCUT2D eigenvalue weighted by Gasteiger charge is -2.20. The number of hydrogen-bond donors (Lipinski definition) is 0. The lowest BCUT2D eigenvalue weighted by molar-refractivity contribution is -0.146. The molecule has 0 saturated carbocycles. The average molecular weight is 439 g/mol. The van der Waals surface area contributed by atoms with Crippen molar-refractivity contribution in [3.63, 3.8) is 0 Å². The molecule has 0 bridgehead atoms. The molecule has 2 aromatic carbocycles. The first-order valence-corrected chi connectivity index (χ1v) is 10.4. The van der Waals surface area contributed by atoms with Crippen LogP contribution in [-0.2, 0) is 9.53 Å². The van der Waals surface area contributed by atoms with E-state index in [4.69, 9.17) is 26.1 Å². The number of rotatable bonds is 5. The van der Waals surface area contributed by atoms with Crippen LogP contribution in [0.4, 0.5) is 0 Å². The number of aliphatic imine (C=N–C) groups is 1. The Bertz CT molecular complexity index is 1150. The maximum absolute atomic E-state index is 12.6. The number of carbonyl (C=O) groups excluding carboxylic acids is 1. The Morgan fingerprint density at radius 1 is 1.16 bits per heavy atom. The second-order valence-corrected chi connectivity index (χ2v) is 7.73. The van der Waals surface area contributed by atoms with Crippen molar-refractivity contribution < 1.29 is 14.3 Å². The molecule has 1 aliphatic heterocycles. The molecule has 2 heterocycles. The van der Waals surface area contributed by atoms with Crippen LogP contribution in [0.3, 0.4) is 0 Å². The monoisotopic (exact) mass is 438 g/mol. The van der Waals surface area contributed by atoms with Gasteiger partial charge in [0.25, 0.3) is 0 Å². The van der Waals surface area contributed by atoms with E-state index in [2.05, 4.69) is 10.2 Å². The molecule has 0 saturated heterocycles. The molecule has 2 atom stereocenters. The number of nitrogens with zero attached hydrogens (tertiary/aromatic N) is 4. The summed E-state index contributed by atoms with van der Waals surface area (Å²) in [6.07, 6.45) is 0.542. The van der Waals surface area contributed by atoms with Crippen molar-refractivity contribution >= 4 is 23.3 Å². The van der Waals surface area contributed by atoms with Crippen molar-refractivity contribution in [1.29, 1.82) is 0 Å². The fourth-order valence-corrected chi connectivity index (χ4v) is 4.07. The Labute approximate surface area is 185 Å². The molecule has 160 valence electrons. The van der Waals surface area contributed by atoms with E-state index < -0.39 is 12.0 Å². The molecule has 1 unspecified atom stereocenters. The molecular weight excluding hydrogens is 416 g/mol. The second kappa shape index (κ2) is 8.51. The Morgan fingerprint density at radius 2 is 1.90 bits per heavy atom. The van der Waals surface area contributed by atoms with Gasteiger partial charge in [-0.1, -0.05) is 30.7 Å². The third kappa shape index (κ3) is 3.70. The zero-order chi connectivity index (χ0) is 22.1. The highest BCUT2D eigenvalue weighted by molar-refractivity contribution is 6.30. The van der Waals surface area contributed by atoms with Gasteiger partial charge in [-0.05, 0) is 43.7 Å². The third-order valence-electron chi connectivity index (χ3n) is 5.52. The topological polar surface area (TPSA) is 78.6 Å². The third-order valence-corrected chi connectivity index (χ3v) is 5.78. The summed E-state index contributed by atoms with van der Waals surface area (Å²) < 4.78 is 12.5. The van der Waals surface area contributed by atoms with Crippen LogP contribution < -0.4 is 4.74 Å². The molecule has 0 amide bonds. The van der Waals surface area contributed by atoms with Gasteiger partial charge in [-0.15, -0.1) is 10.2 Å². The fraction of sp³-hybridized carbons (Fsp3) is 0.304. The minimum absolute atomic E-state index is 0.331. The van der Waals surface area contributed by atoms with E-state index in [1.165, 1.54) is 7.11 Å². The van der Waals surface area contributed by atoms with E-state index in [1.807, 2.05) is 60.9 Å².